The lowest BCUT2D eigenvalue weighted by atomic mass is 10.2. The van der Waals surface area contributed by atoms with E-state index in [4.69, 9.17) is 5.11 Å². The van der Waals surface area contributed by atoms with E-state index in [9.17, 15) is 8.78 Å². The number of hydrogen-bond donors (Lipinski definition) is 2. The highest BCUT2D eigenvalue weighted by molar-refractivity contribution is 14.1. The summed E-state index contributed by atoms with van der Waals surface area (Å²) in [6.07, 6.45) is 0. The van der Waals surface area contributed by atoms with Crippen LogP contribution in [0.15, 0.2) is 36.4 Å². The van der Waals surface area contributed by atoms with Gasteiger partial charge in [-0.25, -0.2) is 8.78 Å². The van der Waals surface area contributed by atoms with Gasteiger partial charge in [0.15, 0.2) is 11.6 Å². The zero-order valence-electron chi connectivity index (χ0n) is 9.25. The number of anilines is 1. The maximum absolute atomic E-state index is 13.1. The van der Waals surface area contributed by atoms with Gasteiger partial charge < -0.3 is 10.4 Å². The Morgan fingerprint density at radius 2 is 1.89 bits per heavy atom. The lowest BCUT2D eigenvalue weighted by Gasteiger charge is -2.09. The highest BCUT2D eigenvalue weighted by Crippen LogP contribution is 2.21. The summed E-state index contributed by atoms with van der Waals surface area (Å²) in [7, 11) is 0. The van der Waals surface area contributed by atoms with Crippen molar-refractivity contribution < 1.29 is 13.9 Å². The molecule has 0 fully saturated rings. The predicted octanol–water partition coefficient (Wildman–Crippen LogP) is 3.89. The molecule has 0 spiro atoms. The van der Waals surface area contributed by atoms with Gasteiger partial charge >= 0.3 is 0 Å². The van der Waals surface area contributed by atoms with E-state index in [1.165, 1.54) is 24.3 Å². The lowest BCUT2D eigenvalue weighted by molar-refractivity contribution is 0.432. The largest absolute Gasteiger partial charge is 0.505 e. The number of phenolic OH excluding ortho intramolecular Hbond substituents is 1. The summed E-state index contributed by atoms with van der Waals surface area (Å²) in [5.41, 5.74) is 1.48. The minimum atomic E-state index is -0.650. The molecule has 5 heteroatoms. The summed E-state index contributed by atoms with van der Waals surface area (Å²) in [5.74, 6) is -1.31. The summed E-state index contributed by atoms with van der Waals surface area (Å²) >= 11 is 2.02. The number of nitrogens with one attached hydrogen (secondary N) is 1. The first-order valence-electron chi connectivity index (χ1n) is 5.22. The molecule has 2 N–H and O–H groups in total. The first-order valence-corrected chi connectivity index (χ1v) is 6.30. The average molecular weight is 361 g/mol. The fourth-order valence-corrected chi connectivity index (χ4v) is 2.16. The van der Waals surface area contributed by atoms with Crippen molar-refractivity contribution in [2.45, 2.75) is 6.54 Å². The van der Waals surface area contributed by atoms with E-state index in [2.05, 4.69) is 5.32 Å². The van der Waals surface area contributed by atoms with Crippen molar-refractivity contribution >= 4 is 28.3 Å². The third kappa shape index (κ3) is 3.10. The van der Waals surface area contributed by atoms with Crippen LogP contribution >= 0.6 is 22.6 Å². The molecule has 0 aliphatic carbocycles. The van der Waals surface area contributed by atoms with Crippen LogP contribution in [0.2, 0.25) is 0 Å². The molecule has 94 valence electrons. The van der Waals surface area contributed by atoms with Gasteiger partial charge in [0.05, 0.1) is 0 Å². The van der Waals surface area contributed by atoms with Gasteiger partial charge in [-0.05, 0) is 58.5 Å². The fraction of sp³-hybridized carbons (Fsp3) is 0.0769. The Morgan fingerprint density at radius 3 is 2.56 bits per heavy atom. The van der Waals surface area contributed by atoms with Crippen molar-refractivity contribution in [3.63, 3.8) is 0 Å². The van der Waals surface area contributed by atoms with Gasteiger partial charge in [0.2, 0.25) is 0 Å². The normalized spacial score (nSPS) is 10.4. The number of benzene rings is 2. The standard InChI is InChI=1S/C13H10F2INO/c14-9-2-3-12(11(16)6-9)17-7-8-1-4-13(18)10(15)5-8/h1-6,17-18H,7H2. The van der Waals surface area contributed by atoms with E-state index in [-0.39, 0.29) is 11.6 Å². The van der Waals surface area contributed by atoms with Gasteiger partial charge in [0, 0.05) is 15.8 Å². The van der Waals surface area contributed by atoms with Gasteiger partial charge in [0.25, 0.3) is 0 Å². The highest BCUT2D eigenvalue weighted by Gasteiger charge is 2.04. The second-order valence-electron chi connectivity index (χ2n) is 3.76. The van der Waals surface area contributed by atoms with Crippen LogP contribution in [0.5, 0.6) is 5.75 Å². The number of halogens is 3. The molecule has 0 unspecified atom stereocenters. The minimum Gasteiger partial charge on any atom is -0.505 e. The molecule has 2 rings (SSSR count). The summed E-state index contributed by atoms with van der Waals surface area (Å²) in [5, 5.41) is 12.1. The predicted molar refractivity (Wildman–Crippen MR) is 74.5 cm³/mol. The van der Waals surface area contributed by atoms with Crippen LogP contribution in [0, 0.1) is 15.2 Å². The fourth-order valence-electron chi connectivity index (χ4n) is 1.49. The van der Waals surface area contributed by atoms with Crippen LogP contribution in [0.3, 0.4) is 0 Å². The van der Waals surface area contributed by atoms with Crippen molar-refractivity contribution in [3.05, 3.63) is 57.2 Å². The molecule has 2 nitrogen and oxygen atoms in total. The molecule has 0 aromatic heterocycles. The average Bonchev–Trinajstić information content (AvgIpc) is 2.32. The van der Waals surface area contributed by atoms with Crippen LogP contribution < -0.4 is 5.32 Å². The van der Waals surface area contributed by atoms with Crippen LogP contribution in [-0.2, 0) is 6.54 Å². The zero-order valence-corrected chi connectivity index (χ0v) is 11.4. The zero-order chi connectivity index (χ0) is 13.1. The first-order chi connectivity index (χ1) is 8.56. The van der Waals surface area contributed by atoms with Crippen molar-refractivity contribution in [1.82, 2.24) is 0 Å². The van der Waals surface area contributed by atoms with Gasteiger partial charge in [-0.3, -0.25) is 0 Å². The minimum absolute atomic E-state index is 0.291. The summed E-state index contributed by atoms with van der Waals surface area (Å²) in [4.78, 5) is 0. The monoisotopic (exact) mass is 361 g/mol. The lowest BCUT2D eigenvalue weighted by Crippen LogP contribution is -2.01. The molecule has 0 amide bonds. The van der Waals surface area contributed by atoms with Gasteiger partial charge in [0.1, 0.15) is 5.82 Å². The number of aromatic hydroxyl groups is 1. The molecule has 0 heterocycles. The Bertz CT molecular complexity index is 575. The van der Waals surface area contributed by atoms with Crippen molar-refractivity contribution in [2.24, 2.45) is 0 Å². The van der Waals surface area contributed by atoms with Crippen LogP contribution in [0.25, 0.3) is 0 Å². The topological polar surface area (TPSA) is 32.3 Å². The molecule has 2 aromatic carbocycles. The molecular formula is C13H10F2INO. The molecule has 2 aromatic rings. The summed E-state index contributed by atoms with van der Waals surface area (Å²) in [6, 6.07) is 8.61. The summed E-state index contributed by atoms with van der Waals surface area (Å²) < 4.78 is 26.8. The Morgan fingerprint density at radius 1 is 1.11 bits per heavy atom. The Balaban J connectivity index is 2.09. The van der Waals surface area contributed by atoms with Crippen LogP contribution in [0.4, 0.5) is 14.5 Å². The SMILES string of the molecule is Oc1ccc(CNc2ccc(F)cc2I)cc1F. The molecule has 18 heavy (non-hydrogen) atoms. The second kappa shape index (κ2) is 5.51. The molecule has 0 bridgehead atoms. The maximum Gasteiger partial charge on any atom is 0.165 e. The Kier molecular flexibility index (Phi) is 4.00. The smallest absolute Gasteiger partial charge is 0.165 e. The van der Waals surface area contributed by atoms with E-state index < -0.39 is 5.82 Å². The number of rotatable bonds is 3. The first kappa shape index (κ1) is 13.1. The van der Waals surface area contributed by atoms with E-state index in [1.807, 2.05) is 22.6 Å². The molecule has 0 radical (unpaired) electrons. The third-order valence-electron chi connectivity index (χ3n) is 2.43. The van der Waals surface area contributed by atoms with Gasteiger partial charge in [-0.15, -0.1) is 0 Å². The maximum atomic E-state index is 13.1. The van der Waals surface area contributed by atoms with Crippen LogP contribution in [0.1, 0.15) is 5.56 Å². The number of phenols is 1. The second-order valence-corrected chi connectivity index (χ2v) is 4.93. The van der Waals surface area contributed by atoms with Gasteiger partial charge in [-0.2, -0.15) is 0 Å². The van der Waals surface area contributed by atoms with Crippen molar-refractivity contribution in [2.75, 3.05) is 5.32 Å². The van der Waals surface area contributed by atoms with E-state index in [1.54, 1.807) is 12.1 Å². The Hall–Kier alpha value is -1.37. The Labute approximate surface area is 117 Å². The van der Waals surface area contributed by atoms with Crippen LogP contribution in [-0.4, -0.2) is 5.11 Å². The number of hydrogen-bond acceptors (Lipinski definition) is 2. The van der Waals surface area contributed by atoms with Gasteiger partial charge in [-0.1, -0.05) is 6.07 Å². The van der Waals surface area contributed by atoms with E-state index >= 15 is 0 Å². The molecule has 0 saturated heterocycles. The quantitative estimate of drug-likeness (QED) is 0.814. The van der Waals surface area contributed by atoms with Crippen molar-refractivity contribution in [1.29, 1.82) is 0 Å². The molecule has 0 aliphatic rings. The summed E-state index contributed by atoms with van der Waals surface area (Å²) in [6.45, 7) is 0.402. The van der Waals surface area contributed by atoms with E-state index in [0.717, 1.165) is 9.26 Å². The molecular weight excluding hydrogens is 351 g/mol. The highest BCUT2D eigenvalue weighted by atomic mass is 127. The molecule has 0 saturated carbocycles. The molecule has 0 aliphatic heterocycles. The molecule has 0 atom stereocenters. The third-order valence-corrected chi connectivity index (χ3v) is 3.32. The van der Waals surface area contributed by atoms with E-state index in [0.29, 0.717) is 12.1 Å². The van der Waals surface area contributed by atoms with Crippen molar-refractivity contribution in [3.8, 4) is 5.75 Å².